The van der Waals surface area contributed by atoms with Gasteiger partial charge in [0.1, 0.15) is 11.7 Å². The molecule has 3 rings (SSSR count). The van der Waals surface area contributed by atoms with Crippen LogP contribution in [0.15, 0.2) is 0 Å². The number of hydrogen-bond acceptors (Lipinski definition) is 2. The van der Waals surface area contributed by atoms with Crippen LogP contribution >= 0.6 is 0 Å². The van der Waals surface area contributed by atoms with E-state index in [1.807, 2.05) is 20.8 Å². The van der Waals surface area contributed by atoms with Crippen LogP contribution in [-0.2, 0) is 4.74 Å². The van der Waals surface area contributed by atoms with Gasteiger partial charge < -0.3 is 24.4 Å². The largest absolute Gasteiger partial charge is 0.382 e. The van der Waals surface area contributed by atoms with Crippen molar-refractivity contribution in [1.29, 1.82) is 0 Å². The average Bonchev–Trinajstić information content (AvgIpc) is 3.05. The number of ether oxygens (including phenoxy) is 1. The second-order valence-corrected chi connectivity index (χ2v) is 10.5. The summed E-state index contributed by atoms with van der Waals surface area (Å²) in [6.07, 6.45) is 4.61. The Bertz CT molecular complexity index is 755. The van der Waals surface area contributed by atoms with Gasteiger partial charge in [-0.25, -0.2) is 19.7 Å². The molecular formula is C23H33N3O2. The van der Waals surface area contributed by atoms with Crippen molar-refractivity contribution in [3.05, 3.63) is 34.3 Å². The smallest absolute Gasteiger partial charge is 0.255 e. The molecule has 3 unspecified atom stereocenters. The second-order valence-electron chi connectivity index (χ2n) is 10.5. The molecule has 1 saturated heterocycles. The lowest BCUT2D eigenvalue weighted by atomic mass is 9.51. The Hall–Kier alpha value is -1.61. The SMILES string of the molecule is [C-]#[N+][C@@H]1C2C([C@@]3(C)CCC(C(C)(C)[N+]#[C-])O3)CC[C@](C)([N+]#[C-])[C@H]2CC[C@@]1(C)O. The summed E-state index contributed by atoms with van der Waals surface area (Å²) in [6, 6.07) is -0.508. The topological polar surface area (TPSA) is 42.5 Å². The van der Waals surface area contributed by atoms with Gasteiger partial charge in [-0.2, -0.15) is 0 Å². The Balaban J connectivity index is 1.99. The Labute approximate surface area is 169 Å². The molecule has 5 nitrogen and oxygen atoms in total. The first kappa shape index (κ1) is 21.1. The van der Waals surface area contributed by atoms with Gasteiger partial charge in [0.05, 0.1) is 11.5 Å². The Kier molecular flexibility index (Phi) is 5.07. The van der Waals surface area contributed by atoms with Crippen LogP contribution in [0.25, 0.3) is 14.5 Å². The molecule has 3 fully saturated rings. The van der Waals surface area contributed by atoms with E-state index in [-0.39, 0.29) is 23.9 Å². The second kappa shape index (κ2) is 6.73. The molecule has 1 N–H and O–H groups in total. The summed E-state index contributed by atoms with van der Waals surface area (Å²) in [7, 11) is 0. The highest BCUT2D eigenvalue weighted by Crippen LogP contribution is 2.58. The van der Waals surface area contributed by atoms with E-state index in [2.05, 4.69) is 21.5 Å². The van der Waals surface area contributed by atoms with E-state index in [1.54, 1.807) is 6.92 Å². The summed E-state index contributed by atoms with van der Waals surface area (Å²) in [5.74, 6) is 0.190. The fourth-order valence-corrected chi connectivity index (χ4v) is 6.25. The van der Waals surface area contributed by atoms with Crippen molar-refractivity contribution >= 4 is 0 Å². The monoisotopic (exact) mass is 383 g/mol. The lowest BCUT2D eigenvalue weighted by molar-refractivity contribution is -0.147. The zero-order valence-corrected chi connectivity index (χ0v) is 17.8. The van der Waals surface area contributed by atoms with Crippen molar-refractivity contribution in [2.45, 2.75) is 108 Å². The molecule has 28 heavy (non-hydrogen) atoms. The fraction of sp³-hybridized carbons (Fsp3) is 0.870. The number of fused-ring (bicyclic) bond motifs is 1. The van der Waals surface area contributed by atoms with E-state index in [9.17, 15) is 5.11 Å². The maximum Gasteiger partial charge on any atom is 0.255 e. The van der Waals surface area contributed by atoms with Crippen LogP contribution in [-0.4, -0.2) is 39.5 Å². The minimum Gasteiger partial charge on any atom is -0.382 e. The molecule has 5 heteroatoms. The van der Waals surface area contributed by atoms with E-state index in [0.717, 1.165) is 32.1 Å². The first-order chi connectivity index (χ1) is 12.9. The standard InChI is InChI=1S/C23H33N3O2/c1-20(2,25-7)17-11-14-23(5,28-17)16-9-12-21(3,26-8)15-10-13-22(4,27)19(24-6)18(15)16/h15-19,27H,9-14H2,1-5H3/t15-,16?,17?,18?,19+,21-,22+,23+/m0/s1. The molecule has 3 aliphatic rings. The van der Waals surface area contributed by atoms with Gasteiger partial charge in [-0.3, -0.25) is 0 Å². The Morgan fingerprint density at radius 1 is 0.964 bits per heavy atom. The highest BCUT2D eigenvalue weighted by Gasteiger charge is 2.66. The first-order valence-corrected chi connectivity index (χ1v) is 10.5. The van der Waals surface area contributed by atoms with Gasteiger partial charge in [0.15, 0.2) is 0 Å². The molecular weight excluding hydrogens is 350 g/mol. The molecule has 0 bridgehead atoms. The molecule has 0 aromatic heterocycles. The third-order valence-corrected chi connectivity index (χ3v) is 8.22. The quantitative estimate of drug-likeness (QED) is 0.698. The van der Waals surface area contributed by atoms with Crippen LogP contribution < -0.4 is 0 Å². The Morgan fingerprint density at radius 2 is 1.61 bits per heavy atom. The first-order valence-electron chi connectivity index (χ1n) is 10.5. The van der Waals surface area contributed by atoms with Gasteiger partial charge >= 0.3 is 0 Å². The normalized spacial score (nSPS) is 48.8. The van der Waals surface area contributed by atoms with Crippen LogP contribution in [0.4, 0.5) is 0 Å². The summed E-state index contributed by atoms with van der Waals surface area (Å²) in [6.45, 7) is 33.0. The molecule has 152 valence electrons. The van der Waals surface area contributed by atoms with Crippen LogP contribution in [0.3, 0.4) is 0 Å². The van der Waals surface area contributed by atoms with E-state index < -0.39 is 28.3 Å². The van der Waals surface area contributed by atoms with Crippen molar-refractivity contribution < 1.29 is 9.84 Å². The molecule has 1 heterocycles. The summed E-state index contributed by atoms with van der Waals surface area (Å²) < 4.78 is 6.58. The van der Waals surface area contributed by atoms with E-state index in [4.69, 9.17) is 24.5 Å². The summed E-state index contributed by atoms with van der Waals surface area (Å²) >= 11 is 0. The van der Waals surface area contributed by atoms with Gasteiger partial charge in [0, 0.05) is 33.1 Å². The van der Waals surface area contributed by atoms with Crippen LogP contribution in [0.1, 0.15) is 73.1 Å². The number of aliphatic hydroxyl groups is 1. The van der Waals surface area contributed by atoms with Crippen molar-refractivity contribution in [3.63, 3.8) is 0 Å². The van der Waals surface area contributed by atoms with E-state index >= 15 is 0 Å². The van der Waals surface area contributed by atoms with Crippen LogP contribution in [0, 0.1) is 37.5 Å². The predicted octanol–water partition coefficient (Wildman–Crippen LogP) is 4.78. The number of rotatable bonds is 2. The minimum absolute atomic E-state index is 0.0473. The summed E-state index contributed by atoms with van der Waals surface area (Å²) in [5.41, 5.74) is -2.46. The fourth-order valence-electron chi connectivity index (χ4n) is 6.25. The van der Waals surface area contributed by atoms with Crippen molar-refractivity contribution in [2.24, 2.45) is 17.8 Å². The molecule has 0 radical (unpaired) electrons. The molecule has 0 aromatic rings. The van der Waals surface area contributed by atoms with Gasteiger partial charge in [-0.05, 0) is 51.9 Å². The molecule has 0 aromatic carbocycles. The summed E-state index contributed by atoms with van der Waals surface area (Å²) in [4.78, 5) is 11.7. The third kappa shape index (κ3) is 3.12. The average molecular weight is 384 g/mol. The lowest BCUT2D eigenvalue weighted by Gasteiger charge is -2.53. The molecule has 0 amide bonds. The van der Waals surface area contributed by atoms with Gasteiger partial charge in [-0.1, -0.05) is 0 Å². The van der Waals surface area contributed by atoms with Crippen molar-refractivity contribution in [1.82, 2.24) is 0 Å². The highest BCUT2D eigenvalue weighted by atomic mass is 16.5. The van der Waals surface area contributed by atoms with Gasteiger partial charge in [0.2, 0.25) is 5.54 Å². The molecule has 2 saturated carbocycles. The molecule has 2 aliphatic carbocycles. The Morgan fingerprint density at radius 3 is 2.18 bits per heavy atom. The van der Waals surface area contributed by atoms with Crippen molar-refractivity contribution in [2.75, 3.05) is 0 Å². The summed E-state index contributed by atoms with van der Waals surface area (Å²) in [5, 5.41) is 11.0. The number of hydrogen-bond donors (Lipinski definition) is 1. The zero-order chi connectivity index (χ0) is 21.0. The van der Waals surface area contributed by atoms with Gasteiger partial charge in [-0.15, -0.1) is 0 Å². The van der Waals surface area contributed by atoms with Crippen molar-refractivity contribution in [3.8, 4) is 0 Å². The molecule has 8 atom stereocenters. The minimum atomic E-state index is -1.02. The van der Waals surface area contributed by atoms with Crippen LogP contribution in [0.2, 0.25) is 0 Å². The maximum absolute atomic E-state index is 11.0. The maximum atomic E-state index is 11.0. The zero-order valence-electron chi connectivity index (χ0n) is 17.8. The highest BCUT2D eigenvalue weighted by molar-refractivity contribution is 5.19. The van der Waals surface area contributed by atoms with E-state index in [0.29, 0.717) is 6.42 Å². The van der Waals surface area contributed by atoms with E-state index in [1.165, 1.54) is 0 Å². The lowest BCUT2D eigenvalue weighted by Crippen LogP contribution is -2.61. The molecule has 1 aliphatic heterocycles. The predicted molar refractivity (Wildman–Crippen MR) is 108 cm³/mol. The molecule has 0 spiro atoms. The third-order valence-electron chi connectivity index (χ3n) is 8.22. The van der Waals surface area contributed by atoms with Gasteiger partial charge in [0.25, 0.3) is 11.6 Å². The number of nitrogens with zero attached hydrogens (tertiary/aromatic N) is 3. The van der Waals surface area contributed by atoms with Crippen LogP contribution in [0.5, 0.6) is 0 Å².